The number of anilines is 1. The van der Waals surface area contributed by atoms with Crippen molar-refractivity contribution in [2.45, 2.75) is 20.3 Å². The number of aryl methyl sites for hydroxylation is 2. The van der Waals surface area contributed by atoms with Crippen molar-refractivity contribution in [3.8, 4) is 0 Å². The van der Waals surface area contributed by atoms with E-state index in [1.807, 2.05) is 86.6 Å². The lowest BCUT2D eigenvalue weighted by molar-refractivity contribution is -0.114. The van der Waals surface area contributed by atoms with Crippen molar-refractivity contribution in [2.24, 2.45) is 0 Å². The van der Waals surface area contributed by atoms with Crippen LogP contribution in [0.4, 0.5) is 5.69 Å². The Morgan fingerprint density at radius 1 is 0.838 bits per heavy atom. The highest BCUT2D eigenvalue weighted by Crippen LogP contribution is 2.30. The van der Waals surface area contributed by atoms with Gasteiger partial charge in [-0.1, -0.05) is 72.3 Å². The van der Waals surface area contributed by atoms with Gasteiger partial charge in [-0.15, -0.1) is 0 Å². The zero-order valence-corrected chi connectivity index (χ0v) is 21.0. The van der Waals surface area contributed by atoms with Gasteiger partial charge < -0.3 is 4.90 Å². The zero-order chi connectivity index (χ0) is 25.9. The lowest BCUT2D eigenvalue weighted by Crippen LogP contribution is -2.42. The summed E-state index contributed by atoms with van der Waals surface area (Å²) in [5.74, 6) is -0.729. The fourth-order valence-corrected chi connectivity index (χ4v) is 4.95. The molecule has 184 valence electrons. The Bertz CT molecular complexity index is 1490. The topological polar surface area (TPSA) is 57.7 Å². The fourth-order valence-electron chi connectivity index (χ4n) is 4.95. The van der Waals surface area contributed by atoms with E-state index in [9.17, 15) is 14.4 Å². The van der Waals surface area contributed by atoms with Crippen molar-refractivity contribution in [2.75, 3.05) is 18.0 Å². The summed E-state index contributed by atoms with van der Waals surface area (Å²) in [5, 5.41) is 1.60. The molecule has 1 aliphatic rings. The van der Waals surface area contributed by atoms with Gasteiger partial charge in [0.05, 0.1) is 0 Å². The molecule has 0 atom stereocenters. The molecule has 0 aromatic heterocycles. The van der Waals surface area contributed by atoms with Crippen LogP contribution in [0.15, 0.2) is 91.0 Å². The smallest absolute Gasteiger partial charge is 0.261 e. The van der Waals surface area contributed by atoms with E-state index < -0.39 is 0 Å². The molecule has 5 rings (SSSR count). The fraction of sp³-hybridized carbons (Fsp3) is 0.156. The van der Waals surface area contributed by atoms with Crippen LogP contribution < -0.4 is 4.90 Å². The molecule has 0 fully saturated rings. The number of hydrogen-bond acceptors (Lipinski definition) is 3. The second kappa shape index (κ2) is 10.2. The average Bonchev–Trinajstić information content (AvgIpc) is 2.91. The molecule has 0 bridgehead atoms. The first kappa shape index (κ1) is 24.2. The first-order valence-corrected chi connectivity index (χ1v) is 12.4. The summed E-state index contributed by atoms with van der Waals surface area (Å²) in [6.45, 7) is 4.59. The van der Waals surface area contributed by atoms with E-state index >= 15 is 0 Å². The minimum atomic E-state index is -0.289. The second-order valence-electron chi connectivity index (χ2n) is 9.35. The van der Waals surface area contributed by atoms with Crippen molar-refractivity contribution < 1.29 is 14.4 Å². The van der Waals surface area contributed by atoms with Crippen LogP contribution in [0.3, 0.4) is 0 Å². The molecule has 0 saturated carbocycles. The molecule has 3 amide bonds. The molecule has 0 radical (unpaired) electrons. The molecule has 0 saturated heterocycles. The zero-order valence-electron chi connectivity index (χ0n) is 21.0. The van der Waals surface area contributed by atoms with Gasteiger partial charge in [-0.2, -0.15) is 0 Å². The van der Waals surface area contributed by atoms with Gasteiger partial charge in [0.1, 0.15) is 0 Å². The van der Waals surface area contributed by atoms with E-state index in [4.69, 9.17) is 0 Å². The average molecular weight is 489 g/mol. The maximum atomic E-state index is 13.3. The number of hydrogen-bond donors (Lipinski definition) is 0. The number of imide groups is 1. The predicted molar refractivity (Wildman–Crippen MR) is 148 cm³/mol. The van der Waals surface area contributed by atoms with Gasteiger partial charge in [0.15, 0.2) is 0 Å². The SMILES string of the molecule is Cc1ccc(N(CCCN2C(=O)c3cccc4cccc(c34)C2=O)C(=O)C=Cc2ccccc2)c(C)c1. The molecule has 5 nitrogen and oxygen atoms in total. The van der Waals surface area contributed by atoms with Gasteiger partial charge in [0, 0.05) is 41.4 Å². The van der Waals surface area contributed by atoms with E-state index in [2.05, 4.69) is 0 Å². The monoisotopic (exact) mass is 488 g/mol. The third-order valence-electron chi connectivity index (χ3n) is 6.75. The van der Waals surface area contributed by atoms with Crippen molar-refractivity contribution in [1.82, 2.24) is 4.90 Å². The van der Waals surface area contributed by atoms with E-state index in [-0.39, 0.29) is 24.3 Å². The lowest BCUT2D eigenvalue weighted by Gasteiger charge is -2.29. The van der Waals surface area contributed by atoms with E-state index in [1.165, 1.54) is 4.90 Å². The summed E-state index contributed by atoms with van der Waals surface area (Å²) in [6, 6.07) is 26.7. The highest BCUT2D eigenvalue weighted by molar-refractivity contribution is 6.25. The van der Waals surface area contributed by atoms with Crippen LogP contribution in [0.5, 0.6) is 0 Å². The Morgan fingerprint density at radius 2 is 1.51 bits per heavy atom. The Morgan fingerprint density at radius 3 is 2.16 bits per heavy atom. The number of benzene rings is 4. The van der Waals surface area contributed by atoms with Crippen molar-refractivity contribution in [3.63, 3.8) is 0 Å². The summed E-state index contributed by atoms with van der Waals surface area (Å²) in [6.07, 6.45) is 3.82. The molecule has 0 aliphatic carbocycles. The standard InChI is InChI=1S/C32H28N2O3/c1-22-15-17-28(23(2)21-22)33(29(35)18-16-24-9-4-3-5-10-24)19-8-20-34-31(36)26-13-6-11-25-12-7-14-27(30(25)26)32(34)37/h3-7,9-18,21H,8,19-20H2,1-2H3. The predicted octanol–water partition coefficient (Wildman–Crippen LogP) is 6.19. The second-order valence-corrected chi connectivity index (χ2v) is 9.35. The number of nitrogens with zero attached hydrogens (tertiary/aromatic N) is 2. The van der Waals surface area contributed by atoms with Gasteiger partial charge in [0.2, 0.25) is 0 Å². The normalized spacial score (nSPS) is 13.0. The molecule has 4 aromatic carbocycles. The third-order valence-corrected chi connectivity index (χ3v) is 6.75. The van der Waals surface area contributed by atoms with E-state index in [0.29, 0.717) is 24.1 Å². The first-order valence-electron chi connectivity index (χ1n) is 12.4. The minimum Gasteiger partial charge on any atom is -0.309 e. The first-order chi connectivity index (χ1) is 17.9. The van der Waals surface area contributed by atoms with Crippen LogP contribution in [-0.2, 0) is 4.79 Å². The van der Waals surface area contributed by atoms with Crippen LogP contribution in [0, 0.1) is 13.8 Å². The molecule has 1 heterocycles. The number of carbonyl (C=O) groups is 3. The highest BCUT2D eigenvalue weighted by Gasteiger charge is 2.32. The maximum Gasteiger partial charge on any atom is 0.261 e. The van der Waals surface area contributed by atoms with Gasteiger partial charge in [-0.05, 0) is 61.1 Å². The van der Waals surface area contributed by atoms with Crippen LogP contribution in [0.25, 0.3) is 16.8 Å². The Balaban J connectivity index is 1.37. The lowest BCUT2D eigenvalue weighted by atomic mass is 9.94. The molecule has 5 heteroatoms. The molecule has 0 spiro atoms. The molecule has 0 N–H and O–H groups in total. The Kier molecular flexibility index (Phi) is 6.69. The van der Waals surface area contributed by atoms with E-state index in [0.717, 1.165) is 33.2 Å². The van der Waals surface area contributed by atoms with Crippen LogP contribution in [0.2, 0.25) is 0 Å². The van der Waals surface area contributed by atoms with Crippen LogP contribution in [-0.4, -0.2) is 35.7 Å². The summed E-state index contributed by atoms with van der Waals surface area (Å²) in [4.78, 5) is 42.9. The number of carbonyl (C=O) groups excluding carboxylic acids is 3. The molecule has 4 aromatic rings. The van der Waals surface area contributed by atoms with Crippen molar-refractivity contribution in [1.29, 1.82) is 0 Å². The Labute approximate surface area is 216 Å². The van der Waals surface area contributed by atoms with Gasteiger partial charge in [0.25, 0.3) is 17.7 Å². The maximum absolute atomic E-state index is 13.3. The van der Waals surface area contributed by atoms with Crippen LogP contribution in [0.1, 0.15) is 43.8 Å². The minimum absolute atomic E-state index is 0.151. The largest absolute Gasteiger partial charge is 0.309 e. The summed E-state index contributed by atoms with van der Waals surface area (Å²) >= 11 is 0. The molecular weight excluding hydrogens is 460 g/mol. The molecule has 0 unspecified atom stereocenters. The van der Waals surface area contributed by atoms with E-state index in [1.54, 1.807) is 29.2 Å². The van der Waals surface area contributed by atoms with Gasteiger partial charge >= 0.3 is 0 Å². The number of rotatable bonds is 7. The summed E-state index contributed by atoms with van der Waals surface area (Å²) < 4.78 is 0. The van der Waals surface area contributed by atoms with Crippen molar-refractivity contribution >= 4 is 40.3 Å². The van der Waals surface area contributed by atoms with Crippen molar-refractivity contribution in [3.05, 3.63) is 119 Å². The number of amides is 3. The molecule has 37 heavy (non-hydrogen) atoms. The summed E-state index contributed by atoms with van der Waals surface area (Å²) in [7, 11) is 0. The molecule has 1 aliphatic heterocycles. The summed E-state index contributed by atoms with van der Waals surface area (Å²) in [5.41, 5.74) is 4.95. The van der Waals surface area contributed by atoms with Gasteiger partial charge in [-0.25, -0.2) is 0 Å². The van der Waals surface area contributed by atoms with Crippen LogP contribution >= 0.6 is 0 Å². The van der Waals surface area contributed by atoms with Gasteiger partial charge in [-0.3, -0.25) is 19.3 Å². The Hall–Kier alpha value is -4.51. The quantitative estimate of drug-likeness (QED) is 0.230. The third kappa shape index (κ3) is 4.81. The molecular formula is C32H28N2O3. The highest BCUT2D eigenvalue weighted by atomic mass is 16.2.